The van der Waals surface area contributed by atoms with E-state index in [0.717, 1.165) is 45.6 Å². The maximum absolute atomic E-state index is 12.6. The standard InChI is InChI=1S/C19H30N4O/c1-21-11-13-22(14-12-21)15-16-7-9-17(10-8-16)19(24)23(20)18-5-3-2-4-6-18/h7-10,18H,2-6,11-15,20H2,1H3. The van der Waals surface area contributed by atoms with Gasteiger partial charge in [-0.05, 0) is 37.6 Å². The van der Waals surface area contributed by atoms with Gasteiger partial charge in [0.1, 0.15) is 0 Å². The van der Waals surface area contributed by atoms with Gasteiger partial charge in [-0.1, -0.05) is 31.4 Å². The summed E-state index contributed by atoms with van der Waals surface area (Å²) >= 11 is 0. The molecule has 2 fully saturated rings. The van der Waals surface area contributed by atoms with E-state index in [9.17, 15) is 4.79 Å². The molecule has 5 heteroatoms. The largest absolute Gasteiger partial charge is 0.304 e. The zero-order valence-corrected chi connectivity index (χ0v) is 14.8. The summed E-state index contributed by atoms with van der Waals surface area (Å²) in [5.74, 6) is 6.05. The van der Waals surface area contributed by atoms with Gasteiger partial charge in [0.15, 0.2) is 0 Å². The van der Waals surface area contributed by atoms with Gasteiger partial charge in [0.2, 0.25) is 0 Å². The van der Waals surface area contributed by atoms with Gasteiger partial charge in [0, 0.05) is 44.3 Å². The number of nitrogens with zero attached hydrogens (tertiary/aromatic N) is 3. The summed E-state index contributed by atoms with van der Waals surface area (Å²) in [6.45, 7) is 5.42. The van der Waals surface area contributed by atoms with Gasteiger partial charge in [-0.25, -0.2) is 5.84 Å². The number of hydrogen-bond donors (Lipinski definition) is 1. The van der Waals surface area contributed by atoms with Crippen LogP contribution in [-0.4, -0.2) is 60.0 Å². The Balaban J connectivity index is 1.56. The van der Waals surface area contributed by atoms with Gasteiger partial charge in [0.05, 0.1) is 0 Å². The van der Waals surface area contributed by atoms with Crippen molar-refractivity contribution in [1.29, 1.82) is 0 Å². The van der Waals surface area contributed by atoms with E-state index in [0.29, 0.717) is 5.56 Å². The van der Waals surface area contributed by atoms with Crippen LogP contribution in [0.2, 0.25) is 0 Å². The summed E-state index contributed by atoms with van der Waals surface area (Å²) in [5, 5.41) is 1.47. The number of piperazine rings is 1. The third-order valence-electron chi connectivity index (χ3n) is 5.41. The van der Waals surface area contributed by atoms with Crippen LogP contribution < -0.4 is 5.84 Å². The van der Waals surface area contributed by atoms with Crippen molar-refractivity contribution in [1.82, 2.24) is 14.8 Å². The zero-order chi connectivity index (χ0) is 16.9. The van der Waals surface area contributed by atoms with Crippen LogP contribution in [0.15, 0.2) is 24.3 Å². The van der Waals surface area contributed by atoms with Crippen LogP contribution in [0.5, 0.6) is 0 Å². The Kier molecular flexibility index (Phi) is 5.87. The first-order chi connectivity index (χ1) is 11.6. The minimum atomic E-state index is -0.0481. The molecule has 1 aliphatic heterocycles. The molecule has 132 valence electrons. The molecular formula is C19H30N4O. The molecule has 0 radical (unpaired) electrons. The fraction of sp³-hybridized carbons (Fsp3) is 0.632. The normalized spacial score (nSPS) is 20.9. The highest BCUT2D eigenvalue weighted by molar-refractivity contribution is 5.94. The van der Waals surface area contributed by atoms with Crippen molar-refractivity contribution in [2.45, 2.75) is 44.7 Å². The number of rotatable bonds is 4. The molecule has 0 spiro atoms. The average Bonchev–Trinajstić information content (AvgIpc) is 2.64. The van der Waals surface area contributed by atoms with Crippen LogP contribution in [0, 0.1) is 0 Å². The van der Waals surface area contributed by atoms with Crippen molar-refractivity contribution >= 4 is 5.91 Å². The molecule has 1 aromatic rings. The van der Waals surface area contributed by atoms with E-state index in [2.05, 4.69) is 29.0 Å². The molecule has 3 rings (SSSR count). The Hall–Kier alpha value is -1.43. The quantitative estimate of drug-likeness (QED) is 0.522. The van der Waals surface area contributed by atoms with E-state index in [-0.39, 0.29) is 11.9 Å². The Morgan fingerprint density at radius 1 is 1.08 bits per heavy atom. The Morgan fingerprint density at radius 3 is 2.33 bits per heavy atom. The molecule has 1 saturated heterocycles. The third-order valence-corrected chi connectivity index (χ3v) is 5.41. The number of carbonyl (C=O) groups excluding carboxylic acids is 1. The highest BCUT2D eigenvalue weighted by Crippen LogP contribution is 2.22. The first-order valence-electron chi connectivity index (χ1n) is 9.21. The molecule has 0 aromatic heterocycles. The summed E-state index contributed by atoms with van der Waals surface area (Å²) in [7, 11) is 2.17. The topological polar surface area (TPSA) is 52.8 Å². The van der Waals surface area contributed by atoms with Gasteiger partial charge in [-0.15, -0.1) is 0 Å². The second-order valence-corrected chi connectivity index (χ2v) is 7.28. The molecule has 5 nitrogen and oxygen atoms in total. The summed E-state index contributed by atoms with van der Waals surface area (Å²) in [6.07, 6.45) is 5.68. The van der Waals surface area contributed by atoms with E-state index in [1.165, 1.54) is 29.8 Å². The van der Waals surface area contributed by atoms with Crippen molar-refractivity contribution in [3.8, 4) is 0 Å². The SMILES string of the molecule is CN1CCN(Cc2ccc(C(=O)N(N)C3CCCCC3)cc2)CC1. The van der Waals surface area contributed by atoms with Gasteiger partial charge in [0.25, 0.3) is 5.91 Å². The number of benzene rings is 1. The summed E-state index contributed by atoms with van der Waals surface area (Å²) in [4.78, 5) is 17.4. The summed E-state index contributed by atoms with van der Waals surface area (Å²) < 4.78 is 0. The zero-order valence-electron chi connectivity index (χ0n) is 14.8. The van der Waals surface area contributed by atoms with E-state index in [4.69, 9.17) is 5.84 Å². The number of amides is 1. The van der Waals surface area contributed by atoms with Crippen molar-refractivity contribution in [2.24, 2.45) is 5.84 Å². The summed E-state index contributed by atoms with van der Waals surface area (Å²) in [5.41, 5.74) is 1.96. The molecule has 1 aromatic carbocycles. The van der Waals surface area contributed by atoms with E-state index < -0.39 is 0 Å². The minimum Gasteiger partial charge on any atom is -0.304 e. The Labute approximate surface area is 145 Å². The third kappa shape index (κ3) is 4.35. The van der Waals surface area contributed by atoms with Crippen molar-refractivity contribution in [2.75, 3.05) is 33.2 Å². The van der Waals surface area contributed by atoms with E-state index in [1.54, 1.807) is 0 Å². The van der Waals surface area contributed by atoms with Crippen LogP contribution in [0.25, 0.3) is 0 Å². The first kappa shape index (κ1) is 17.4. The molecule has 2 aliphatic rings. The molecule has 0 bridgehead atoms. The lowest BCUT2D eigenvalue weighted by molar-refractivity contribution is 0.0633. The molecular weight excluding hydrogens is 300 g/mol. The maximum atomic E-state index is 12.6. The number of likely N-dealkylation sites (N-methyl/N-ethyl adjacent to an activating group) is 1. The van der Waals surface area contributed by atoms with E-state index >= 15 is 0 Å². The van der Waals surface area contributed by atoms with Crippen LogP contribution in [0.3, 0.4) is 0 Å². The van der Waals surface area contributed by atoms with Crippen LogP contribution >= 0.6 is 0 Å². The lowest BCUT2D eigenvalue weighted by Gasteiger charge is -2.32. The predicted octanol–water partition coefficient (Wildman–Crippen LogP) is 2.08. The van der Waals surface area contributed by atoms with Crippen molar-refractivity contribution in [3.05, 3.63) is 35.4 Å². The molecule has 1 heterocycles. The number of nitrogens with two attached hydrogens (primary N) is 1. The minimum absolute atomic E-state index is 0.0481. The smallest absolute Gasteiger partial charge is 0.268 e. The molecule has 1 saturated carbocycles. The molecule has 1 amide bonds. The highest BCUT2D eigenvalue weighted by atomic mass is 16.2. The van der Waals surface area contributed by atoms with Gasteiger partial charge in [-0.2, -0.15) is 0 Å². The van der Waals surface area contributed by atoms with Crippen molar-refractivity contribution in [3.63, 3.8) is 0 Å². The highest BCUT2D eigenvalue weighted by Gasteiger charge is 2.23. The van der Waals surface area contributed by atoms with Crippen LogP contribution in [0.1, 0.15) is 48.0 Å². The van der Waals surface area contributed by atoms with Crippen LogP contribution in [-0.2, 0) is 6.54 Å². The Bertz CT molecular complexity index is 531. The summed E-state index contributed by atoms with van der Waals surface area (Å²) in [6, 6.07) is 8.20. The number of hydrazine groups is 1. The molecule has 0 unspecified atom stereocenters. The second kappa shape index (κ2) is 8.10. The molecule has 0 atom stereocenters. The predicted molar refractivity (Wildman–Crippen MR) is 96.4 cm³/mol. The van der Waals surface area contributed by atoms with Crippen LogP contribution in [0.4, 0.5) is 0 Å². The van der Waals surface area contributed by atoms with Gasteiger partial charge < -0.3 is 4.90 Å². The monoisotopic (exact) mass is 330 g/mol. The number of carbonyl (C=O) groups is 1. The van der Waals surface area contributed by atoms with E-state index in [1.807, 2.05) is 12.1 Å². The van der Waals surface area contributed by atoms with Gasteiger partial charge in [-0.3, -0.25) is 14.7 Å². The van der Waals surface area contributed by atoms with Crippen molar-refractivity contribution < 1.29 is 4.79 Å². The molecule has 24 heavy (non-hydrogen) atoms. The maximum Gasteiger partial charge on any atom is 0.268 e. The number of hydrogen-bond acceptors (Lipinski definition) is 4. The molecule has 1 aliphatic carbocycles. The average molecular weight is 330 g/mol. The molecule has 2 N–H and O–H groups in total. The first-order valence-corrected chi connectivity index (χ1v) is 9.21. The van der Waals surface area contributed by atoms with Gasteiger partial charge >= 0.3 is 0 Å². The fourth-order valence-electron chi connectivity index (χ4n) is 3.69. The lowest BCUT2D eigenvalue weighted by atomic mass is 9.94. The fourth-order valence-corrected chi connectivity index (χ4v) is 3.69. The lowest BCUT2D eigenvalue weighted by Crippen LogP contribution is -2.46. The Morgan fingerprint density at radius 2 is 1.71 bits per heavy atom. The second-order valence-electron chi connectivity index (χ2n) is 7.28.